The van der Waals surface area contributed by atoms with E-state index < -0.39 is 0 Å². The van der Waals surface area contributed by atoms with E-state index in [1.165, 1.54) is 10.9 Å². The lowest BCUT2D eigenvalue weighted by atomic mass is 10.3. The molecule has 0 unspecified atom stereocenters. The Bertz CT molecular complexity index is 831. The van der Waals surface area contributed by atoms with Gasteiger partial charge in [-0.1, -0.05) is 0 Å². The summed E-state index contributed by atoms with van der Waals surface area (Å²) in [6.07, 6.45) is 2.03. The number of aromatic nitrogens is 4. The SMILES string of the molecule is Cc1ccc(O[C@H]2CCN(C(=O)Cn3cnc(C)c(C)c3=O)C2)nn1. The molecule has 0 spiro atoms. The Balaban J connectivity index is 1.60. The van der Waals surface area contributed by atoms with Crippen molar-refractivity contribution in [2.45, 2.75) is 39.8 Å². The lowest BCUT2D eigenvalue weighted by Gasteiger charge is -2.17. The minimum absolute atomic E-state index is 0.00991. The van der Waals surface area contributed by atoms with Crippen molar-refractivity contribution in [3.8, 4) is 5.88 Å². The van der Waals surface area contributed by atoms with Crippen LogP contribution in [-0.2, 0) is 11.3 Å². The van der Waals surface area contributed by atoms with E-state index in [2.05, 4.69) is 15.2 Å². The summed E-state index contributed by atoms with van der Waals surface area (Å²) in [5.74, 6) is 0.340. The van der Waals surface area contributed by atoms with Crippen LogP contribution in [0.5, 0.6) is 5.88 Å². The van der Waals surface area contributed by atoms with Crippen molar-refractivity contribution in [1.82, 2.24) is 24.6 Å². The summed E-state index contributed by atoms with van der Waals surface area (Å²) in [4.78, 5) is 30.5. The van der Waals surface area contributed by atoms with Crippen LogP contribution >= 0.6 is 0 Å². The molecule has 1 aliphatic heterocycles. The molecule has 132 valence electrons. The van der Waals surface area contributed by atoms with Gasteiger partial charge in [0.15, 0.2) is 0 Å². The van der Waals surface area contributed by atoms with E-state index in [4.69, 9.17) is 4.74 Å². The largest absolute Gasteiger partial charge is 0.471 e. The van der Waals surface area contributed by atoms with Gasteiger partial charge in [0.2, 0.25) is 11.8 Å². The molecule has 8 heteroatoms. The van der Waals surface area contributed by atoms with Crippen molar-refractivity contribution in [2.24, 2.45) is 0 Å². The Labute approximate surface area is 145 Å². The molecule has 0 saturated carbocycles. The van der Waals surface area contributed by atoms with Gasteiger partial charge in [0.25, 0.3) is 5.56 Å². The number of carbonyl (C=O) groups is 1. The number of nitrogens with zero attached hydrogens (tertiary/aromatic N) is 5. The Morgan fingerprint density at radius 3 is 2.80 bits per heavy atom. The van der Waals surface area contributed by atoms with Crippen LogP contribution in [0.1, 0.15) is 23.4 Å². The van der Waals surface area contributed by atoms with Crippen LogP contribution in [0.4, 0.5) is 0 Å². The molecule has 1 aliphatic rings. The van der Waals surface area contributed by atoms with Crippen molar-refractivity contribution < 1.29 is 9.53 Å². The van der Waals surface area contributed by atoms with Gasteiger partial charge in [0.1, 0.15) is 12.6 Å². The summed E-state index contributed by atoms with van der Waals surface area (Å²) in [7, 11) is 0. The van der Waals surface area contributed by atoms with E-state index in [-0.39, 0.29) is 24.1 Å². The topological polar surface area (TPSA) is 90.2 Å². The van der Waals surface area contributed by atoms with E-state index in [1.54, 1.807) is 24.8 Å². The Morgan fingerprint density at radius 2 is 2.08 bits per heavy atom. The summed E-state index contributed by atoms with van der Waals surface area (Å²) < 4.78 is 7.12. The van der Waals surface area contributed by atoms with Gasteiger partial charge in [0, 0.05) is 30.3 Å². The molecule has 2 aromatic rings. The van der Waals surface area contributed by atoms with Gasteiger partial charge in [-0.3, -0.25) is 14.2 Å². The van der Waals surface area contributed by atoms with Gasteiger partial charge >= 0.3 is 0 Å². The van der Waals surface area contributed by atoms with E-state index in [0.717, 1.165) is 12.1 Å². The molecule has 0 aliphatic carbocycles. The second-order valence-electron chi connectivity index (χ2n) is 6.27. The average molecular weight is 343 g/mol. The maximum absolute atomic E-state index is 12.5. The van der Waals surface area contributed by atoms with Crippen molar-refractivity contribution in [2.75, 3.05) is 13.1 Å². The summed E-state index contributed by atoms with van der Waals surface area (Å²) in [5.41, 5.74) is 1.89. The normalized spacial score (nSPS) is 16.9. The minimum atomic E-state index is -0.178. The molecule has 1 saturated heterocycles. The fourth-order valence-electron chi connectivity index (χ4n) is 2.71. The van der Waals surface area contributed by atoms with Crippen LogP contribution in [0.2, 0.25) is 0 Å². The number of hydrogen-bond donors (Lipinski definition) is 0. The van der Waals surface area contributed by atoms with E-state index in [9.17, 15) is 9.59 Å². The van der Waals surface area contributed by atoms with E-state index in [1.807, 2.05) is 13.0 Å². The zero-order valence-corrected chi connectivity index (χ0v) is 14.6. The highest BCUT2D eigenvalue weighted by atomic mass is 16.5. The highest BCUT2D eigenvalue weighted by Crippen LogP contribution is 2.16. The zero-order chi connectivity index (χ0) is 18.0. The molecule has 3 heterocycles. The van der Waals surface area contributed by atoms with Crippen LogP contribution in [-0.4, -0.2) is 49.7 Å². The molecule has 1 amide bonds. The van der Waals surface area contributed by atoms with Gasteiger partial charge in [-0.2, -0.15) is 5.10 Å². The lowest BCUT2D eigenvalue weighted by Crippen LogP contribution is -2.37. The standard InChI is InChI=1S/C17H21N5O3/c1-11-4-5-15(20-19-11)25-14-6-7-21(8-14)16(23)9-22-10-18-13(3)12(2)17(22)24/h4-5,10,14H,6-9H2,1-3H3/t14-/m0/s1. The third-order valence-corrected chi connectivity index (χ3v) is 4.38. The Morgan fingerprint density at radius 1 is 1.28 bits per heavy atom. The first-order chi connectivity index (χ1) is 11.9. The van der Waals surface area contributed by atoms with Crippen LogP contribution in [0.15, 0.2) is 23.3 Å². The minimum Gasteiger partial charge on any atom is -0.471 e. The first kappa shape index (κ1) is 17.1. The number of aryl methyl sites for hydroxylation is 2. The average Bonchev–Trinajstić information content (AvgIpc) is 3.06. The van der Waals surface area contributed by atoms with Crippen molar-refractivity contribution in [3.63, 3.8) is 0 Å². The zero-order valence-electron chi connectivity index (χ0n) is 14.6. The van der Waals surface area contributed by atoms with Crippen LogP contribution in [0, 0.1) is 20.8 Å². The molecule has 1 fully saturated rings. The molecule has 2 aromatic heterocycles. The predicted octanol–water partition coefficient (Wildman–Crippen LogP) is 0.638. The number of amides is 1. The molecule has 0 N–H and O–H groups in total. The van der Waals surface area contributed by atoms with Crippen molar-refractivity contribution in [1.29, 1.82) is 0 Å². The molecule has 0 radical (unpaired) electrons. The molecule has 0 aromatic carbocycles. The summed E-state index contributed by atoms with van der Waals surface area (Å²) in [6, 6.07) is 3.60. The second-order valence-corrected chi connectivity index (χ2v) is 6.27. The molecule has 3 rings (SSSR count). The number of rotatable bonds is 4. The summed E-state index contributed by atoms with van der Waals surface area (Å²) in [6.45, 7) is 6.41. The maximum atomic E-state index is 12.5. The molecule has 25 heavy (non-hydrogen) atoms. The molecule has 1 atom stereocenters. The Kier molecular flexibility index (Phi) is 4.78. The van der Waals surface area contributed by atoms with Crippen LogP contribution in [0.25, 0.3) is 0 Å². The third-order valence-electron chi connectivity index (χ3n) is 4.38. The molecule has 0 bridgehead atoms. The highest BCUT2D eigenvalue weighted by Gasteiger charge is 2.28. The van der Waals surface area contributed by atoms with Crippen LogP contribution < -0.4 is 10.3 Å². The van der Waals surface area contributed by atoms with E-state index >= 15 is 0 Å². The third kappa shape index (κ3) is 3.84. The number of carbonyl (C=O) groups excluding carboxylic acids is 1. The smallest absolute Gasteiger partial charge is 0.256 e. The van der Waals surface area contributed by atoms with Gasteiger partial charge < -0.3 is 9.64 Å². The predicted molar refractivity (Wildman–Crippen MR) is 90.4 cm³/mol. The number of hydrogen-bond acceptors (Lipinski definition) is 6. The number of likely N-dealkylation sites (tertiary alicyclic amines) is 1. The molecular weight excluding hydrogens is 322 g/mol. The van der Waals surface area contributed by atoms with Gasteiger partial charge in [-0.15, -0.1) is 5.10 Å². The first-order valence-electron chi connectivity index (χ1n) is 8.21. The first-order valence-corrected chi connectivity index (χ1v) is 8.21. The number of ether oxygens (including phenoxy) is 1. The second kappa shape index (κ2) is 7.00. The summed E-state index contributed by atoms with van der Waals surface area (Å²) in [5, 5.41) is 7.94. The summed E-state index contributed by atoms with van der Waals surface area (Å²) >= 11 is 0. The monoisotopic (exact) mass is 343 g/mol. The fraction of sp³-hybridized carbons (Fsp3) is 0.471. The quantitative estimate of drug-likeness (QED) is 0.809. The maximum Gasteiger partial charge on any atom is 0.256 e. The molecular formula is C17H21N5O3. The van der Waals surface area contributed by atoms with Gasteiger partial charge in [-0.25, -0.2) is 4.98 Å². The lowest BCUT2D eigenvalue weighted by molar-refractivity contribution is -0.131. The van der Waals surface area contributed by atoms with Gasteiger partial charge in [0.05, 0.1) is 18.6 Å². The van der Waals surface area contributed by atoms with E-state index in [0.29, 0.717) is 30.2 Å². The van der Waals surface area contributed by atoms with Crippen molar-refractivity contribution >= 4 is 5.91 Å². The fourth-order valence-corrected chi connectivity index (χ4v) is 2.71. The van der Waals surface area contributed by atoms with Gasteiger partial charge in [-0.05, 0) is 26.8 Å². The highest BCUT2D eigenvalue weighted by molar-refractivity contribution is 5.76. The van der Waals surface area contributed by atoms with Crippen LogP contribution in [0.3, 0.4) is 0 Å². The van der Waals surface area contributed by atoms with Crippen molar-refractivity contribution in [3.05, 3.63) is 45.8 Å². The Hall–Kier alpha value is -2.77. The molecule has 8 nitrogen and oxygen atoms in total.